The van der Waals surface area contributed by atoms with Gasteiger partial charge in [-0.15, -0.1) is 47.5 Å². The van der Waals surface area contributed by atoms with Gasteiger partial charge < -0.3 is 19.9 Å². The van der Waals surface area contributed by atoms with Gasteiger partial charge in [0.2, 0.25) is 20.0 Å². The molecule has 15 nitrogen and oxygen atoms in total. The van der Waals surface area contributed by atoms with E-state index < -0.39 is 20.0 Å². The molecule has 0 aliphatic carbocycles. The zero-order chi connectivity index (χ0) is 40.8. The first-order valence-electron chi connectivity index (χ1n) is 18.3. The summed E-state index contributed by atoms with van der Waals surface area (Å²) >= 11 is 2.93. The third-order valence-corrected chi connectivity index (χ3v) is 13.3. The summed E-state index contributed by atoms with van der Waals surface area (Å²) in [7, 11) is -5.79. The van der Waals surface area contributed by atoms with E-state index in [1.54, 1.807) is 45.5 Å². The molecule has 0 saturated carbocycles. The standard InChI is InChI=1S/C20H24N4O3S2.C18H23N5O3S2.2ClH/c1-3-6-15(24-29(25,26)17-10-8-16(27-2)9-11-17)13-22-20-23-19(14-28-20)18-7-4-5-12-21-18;1-4-7-14(23-28(24,25)17-12(2)22-26-13(17)3)10-20-18-21-16(11-27-18)15-8-5-6-9-19-15;;/h4-5,7-12,14-15,24H,3,6,13H2,1-2H3,(H,22,23);5-6,8-9,11,14,23H,4,7,10H2,1-3H3,(H,20,21);2*1H. The van der Waals surface area contributed by atoms with E-state index in [1.165, 1.54) is 34.8 Å². The largest absolute Gasteiger partial charge is 0.497 e. The van der Waals surface area contributed by atoms with Crippen LogP contribution in [0.4, 0.5) is 10.3 Å². The molecule has 2 unspecified atom stereocenters. The molecule has 5 heterocycles. The maximum Gasteiger partial charge on any atom is 0.246 e. The Labute approximate surface area is 366 Å². The summed E-state index contributed by atoms with van der Waals surface area (Å²) in [5.74, 6) is 0.899. The Bertz CT molecular complexity index is 2350. The number of pyridine rings is 2. The predicted molar refractivity (Wildman–Crippen MR) is 239 cm³/mol. The van der Waals surface area contributed by atoms with Crippen LogP contribution in [-0.2, 0) is 20.0 Å². The third-order valence-electron chi connectivity index (χ3n) is 8.39. The van der Waals surface area contributed by atoms with Gasteiger partial charge in [-0.3, -0.25) is 9.97 Å². The van der Waals surface area contributed by atoms with E-state index in [0.29, 0.717) is 37.4 Å². The second-order valence-corrected chi connectivity index (χ2v) is 17.9. The molecule has 21 heteroatoms. The Kier molecular flexibility index (Phi) is 19.6. The molecule has 0 aliphatic heterocycles. The number of hydrogen-bond donors (Lipinski definition) is 4. The number of thiazole rings is 2. The minimum Gasteiger partial charge on any atom is -0.497 e. The molecule has 0 spiro atoms. The fourth-order valence-electron chi connectivity index (χ4n) is 5.68. The van der Waals surface area contributed by atoms with Crippen LogP contribution in [0.1, 0.15) is 51.0 Å². The number of methoxy groups -OCH3 is 1. The smallest absolute Gasteiger partial charge is 0.246 e. The molecule has 1 aromatic carbocycles. The Morgan fingerprint density at radius 3 is 1.59 bits per heavy atom. The lowest BCUT2D eigenvalue weighted by molar-refractivity contribution is 0.390. The lowest BCUT2D eigenvalue weighted by Crippen LogP contribution is -2.39. The van der Waals surface area contributed by atoms with Crippen LogP contribution < -0.4 is 24.8 Å². The van der Waals surface area contributed by atoms with Crippen molar-refractivity contribution in [3.63, 3.8) is 0 Å². The van der Waals surface area contributed by atoms with E-state index in [-0.39, 0.29) is 52.4 Å². The summed E-state index contributed by atoms with van der Waals surface area (Å²) in [6.45, 7) is 8.12. The lowest BCUT2D eigenvalue weighted by Gasteiger charge is -2.18. The predicted octanol–water partition coefficient (Wildman–Crippen LogP) is 7.99. The van der Waals surface area contributed by atoms with Crippen molar-refractivity contribution < 1.29 is 26.1 Å². The second kappa shape index (κ2) is 23.5. The van der Waals surface area contributed by atoms with Gasteiger partial charge in [-0.2, -0.15) is 0 Å². The number of anilines is 2. The molecule has 0 saturated heterocycles. The Balaban J connectivity index is 0.000000305. The van der Waals surface area contributed by atoms with E-state index in [0.717, 1.165) is 45.9 Å². The van der Waals surface area contributed by atoms with Gasteiger partial charge in [0.05, 0.1) is 23.4 Å². The number of ether oxygens (including phenoxy) is 1. The molecule has 320 valence electrons. The van der Waals surface area contributed by atoms with E-state index in [9.17, 15) is 16.8 Å². The van der Waals surface area contributed by atoms with Gasteiger partial charge in [0, 0.05) is 48.3 Å². The summed E-state index contributed by atoms with van der Waals surface area (Å²) in [4.78, 5) is 18.0. The zero-order valence-electron chi connectivity index (χ0n) is 33.1. The van der Waals surface area contributed by atoms with Crippen molar-refractivity contribution in [3.8, 4) is 28.5 Å². The van der Waals surface area contributed by atoms with Crippen LogP contribution in [-0.4, -0.2) is 74.2 Å². The summed E-state index contributed by atoms with van der Waals surface area (Å²) < 4.78 is 66.6. The van der Waals surface area contributed by atoms with Crippen LogP contribution in [0.3, 0.4) is 0 Å². The van der Waals surface area contributed by atoms with Crippen LogP contribution in [0, 0.1) is 13.8 Å². The summed E-state index contributed by atoms with van der Waals surface area (Å²) in [5.41, 5.74) is 3.55. The minimum absolute atomic E-state index is 0. The monoisotopic (exact) mass is 925 g/mol. The first-order valence-corrected chi connectivity index (χ1v) is 23.0. The van der Waals surface area contributed by atoms with Crippen LogP contribution >= 0.6 is 47.5 Å². The van der Waals surface area contributed by atoms with Crippen molar-refractivity contribution in [2.75, 3.05) is 30.8 Å². The van der Waals surface area contributed by atoms with Crippen molar-refractivity contribution in [2.24, 2.45) is 0 Å². The number of nitrogens with zero attached hydrogens (tertiary/aromatic N) is 5. The topological polar surface area (TPSA) is 203 Å². The van der Waals surface area contributed by atoms with Crippen LogP contribution in [0.2, 0.25) is 0 Å². The number of benzene rings is 1. The number of sulfonamides is 2. The number of nitrogens with one attached hydrogen (secondary N) is 4. The molecular weight excluding hydrogens is 878 g/mol. The molecule has 0 radical (unpaired) electrons. The number of halogens is 2. The fraction of sp³-hybridized carbons (Fsp3) is 0.342. The number of aryl methyl sites for hydroxylation is 2. The molecule has 6 aromatic rings. The van der Waals surface area contributed by atoms with E-state index >= 15 is 0 Å². The van der Waals surface area contributed by atoms with E-state index in [2.05, 4.69) is 45.2 Å². The Morgan fingerprint density at radius 1 is 0.695 bits per heavy atom. The highest BCUT2D eigenvalue weighted by Crippen LogP contribution is 2.25. The molecule has 5 aromatic heterocycles. The van der Waals surface area contributed by atoms with Gasteiger partial charge in [0.25, 0.3) is 0 Å². The average molecular weight is 927 g/mol. The molecule has 0 amide bonds. The first-order chi connectivity index (χ1) is 27.4. The minimum atomic E-state index is -3.72. The normalized spacial score (nSPS) is 12.2. The summed E-state index contributed by atoms with van der Waals surface area (Å²) in [6.07, 6.45) is 6.55. The Hall–Kier alpha value is -4.21. The van der Waals surface area contributed by atoms with Crippen molar-refractivity contribution in [2.45, 2.75) is 75.3 Å². The second-order valence-electron chi connectivity index (χ2n) is 12.8. The SMILES string of the molecule is CCCC(CNc1nc(-c2ccccn2)cs1)NS(=O)(=O)c1c(C)noc1C.CCCC(CNc1nc(-c2ccccn2)cs1)NS(=O)(=O)c1ccc(OC)cc1.Cl.Cl. The van der Waals surface area contributed by atoms with Gasteiger partial charge in [0.1, 0.15) is 27.7 Å². The molecular formula is C38H49Cl2N9O6S4. The van der Waals surface area contributed by atoms with Gasteiger partial charge in [-0.25, -0.2) is 36.2 Å². The zero-order valence-corrected chi connectivity index (χ0v) is 38.0. The van der Waals surface area contributed by atoms with E-state index in [4.69, 9.17) is 9.26 Å². The molecule has 4 N–H and O–H groups in total. The van der Waals surface area contributed by atoms with E-state index in [1.807, 2.05) is 61.0 Å². The van der Waals surface area contributed by atoms with Gasteiger partial charge in [-0.05, 0) is 75.2 Å². The first kappa shape index (κ1) is 49.2. The quantitative estimate of drug-likeness (QED) is 0.0609. The fourth-order valence-corrected chi connectivity index (χ4v) is 9.97. The van der Waals surface area contributed by atoms with Crippen molar-refractivity contribution in [3.05, 3.63) is 95.3 Å². The highest BCUT2D eigenvalue weighted by atomic mass is 35.5. The maximum absolute atomic E-state index is 12.8. The molecule has 0 aliphatic rings. The molecule has 6 rings (SSSR count). The van der Waals surface area contributed by atoms with Crippen molar-refractivity contribution in [1.82, 2.24) is 34.5 Å². The molecule has 0 fully saturated rings. The van der Waals surface area contributed by atoms with Gasteiger partial charge >= 0.3 is 0 Å². The molecule has 0 bridgehead atoms. The summed E-state index contributed by atoms with van der Waals surface area (Å²) in [5, 5.41) is 15.5. The van der Waals surface area contributed by atoms with Crippen LogP contribution in [0.5, 0.6) is 5.75 Å². The van der Waals surface area contributed by atoms with Crippen molar-refractivity contribution in [1.29, 1.82) is 0 Å². The van der Waals surface area contributed by atoms with Gasteiger partial charge in [-0.1, -0.05) is 44.0 Å². The van der Waals surface area contributed by atoms with Crippen molar-refractivity contribution >= 4 is 77.8 Å². The number of rotatable bonds is 19. The molecule has 2 atom stereocenters. The summed E-state index contributed by atoms with van der Waals surface area (Å²) in [6, 6.07) is 17.2. The third kappa shape index (κ3) is 14.2. The Morgan fingerprint density at radius 2 is 1.19 bits per heavy atom. The number of hydrogen-bond acceptors (Lipinski definition) is 15. The highest BCUT2D eigenvalue weighted by molar-refractivity contribution is 7.89. The highest BCUT2D eigenvalue weighted by Gasteiger charge is 2.27. The van der Waals surface area contributed by atoms with Crippen LogP contribution in [0.25, 0.3) is 22.8 Å². The van der Waals surface area contributed by atoms with Gasteiger partial charge in [0.15, 0.2) is 16.0 Å². The van der Waals surface area contributed by atoms with Crippen LogP contribution in [0.15, 0.2) is 98.1 Å². The number of aromatic nitrogens is 5. The lowest BCUT2D eigenvalue weighted by atomic mass is 10.2. The average Bonchev–Trinajstić information content (AvgIpc) is 3.97. The maximum atomic E-state index is 12.8. The molecule has 59 heavy (non-hydrogen) atoms.